The van der Waals surface area contributed by atoms with E-state index < -0.39 is 11.9 Å². The molecule has 0 aromatic rings. The second kappa shape index (κ2) is 22.7. The Bertz CT molecular complexity index is 2810. The van der Waals surface area contributed by atoms with Gasteiger partial charge in [-0.05, 0) is 280 Å². The van der Waals surface area contributed by atoms with Crippen LogP contribution in [0.3, 0.4) is 0 Å². The molecular formula is C73H98O12. The van der Waals surface area contributed by atoms with Crippen LogP contribution >= 0.6 is 0 Å². The lowest BCUT2D eigenvalue weighted by Gasteiger charge is -2.36. The number of carboxylic acids is 2. The Balaban J connectivity index is 0.0000000960. The summed E-state index contributed by atoms with van der Waals surface area (Å²) in [6.45, 7) is 11.7. The zero-order chi connectivity index (χ0) is 59.7. The van der Waals surface area contributed by atoms with Gasteiger partial charge in [0.15, 0.2) is 0 Å². The van der Waals surface area contributed by atoms with E-state index in [1.54, 1.807) is 0 Å². The molecule has 18 aliphatic rings. The van der Waals surface area contributed by atoms with Gasteiger partial charge in [-0.25, -0.2) is 0 Å². The number of carbonyl (C=O) groups excluding carboxylic acids is 4. The van der Waals surface area contributed by atoms with E-state index in [1.165, 1.54) is 59.2 Å². The average molecular weight is 1170 g/mol. The molecule has 0 saturated heterocycles. The van der Waals surface area contributed by atoms with Crippen molar-refractivity contribution in [3.8, 4) is 0 Å². The molecule has 0 aliphatic heterocycles. The maximum atomic E-state index is 12.4. The number of carbonyl (C=O) groups is 6. The molecule has 0 heterocycles. The first-order valence-corrected chi connectivity index (χ1v) is 33.7. The van der Waals surface area contributed by atoms with Gasteiger partial charge in [0.2, 0.25) is 0 Å². The first kappa shape index (κ1) is 59.2. The third-order valence-electron chi connectivity index (χ3n) is 25.7. The van der Waals surface area contributed by atoms with E-state index in [1.807, 2.05) is 41.5 Å². The van der Waals surface area contributed by atoms with Crippen LogP contribution < -0.4 is 0 Å². The van der Waals surface area contributed by atoms with E-state index in [4.69, 9.17) is 24.1 Å². The predicted octanol–water partition coefficient (Wildman–Crippen LogP) is 13.0. The highest BCUT2D eigenvalue weighted by atomic mass is 16.6. The van der Waals surface area contributed by atoms with Gasteiger partial charge in [-0.3, -0.25) is 28.8 Å². The highest BCUT2D eigenvalue weighted by molar-refractivity contribution is 5.76. The van der Waals surface area contributed by atoms with E-state index in [0.29, 0.717) is 53.3 Å². The molecule has 18 rings (SSSR count). The van der Waals surface area contributed by atoms with Crippen molar-refractivity contribution in [2.75, 3.05) is 14.2 Å². The molecule has 0 aromatic heterocycles. The molecule has 12 saturated carbocycles. The van der Waals surface area contributed by atoms with Crippen LogP contribution in [0.25, 0.3) is 0 Å². The number of fused-ring (bicyclic) bond motifs is 33. The minimum atomic E-state index is -0.614. The number of hydrogen-bond acceptors (Lipinski definition) is 10. The Hall–Kier alpha value is -4.74. The van der Waals surface area contributed by atoms with Crippen molar-refractivity contribution in [2.24, 2.45) is 178 Å². The van der Waals surface area contributed by atoms with Crippen LogP contribution in [0, 0.1) is 178 Å². The molecule has 0 spiro atoms. The van der Waals surface area contributed by atoms with Crippen LogP contribution in [0.1, 0.15) is 138 Å². The Morgan fingerprint density at radius 3 is 0.894 bits per heavy atom. The van der Waals surface area contributed by atoms with Crippen molar-refractivity contribution in [1.82, 2.24) is 0 Å². The number of allylic oxidation sites excluding steroid dienone is 12. The minimum Gasteiger partial charge on any atom is -0.481 e. The summed E-state index contributed by atoms with van der Waals surface area (Å²) in [6, 6.07) is 0. The summed E-state index contributed by atoms with van der Waals surface area (Å²) in [4.78, 5) is 68.8. The number of hydrogen-bond donors (Lipinski definition) is 2. The Morgan fingerprint density at radius 2 is 0.588 bits per heavy atom. The number of rotatable bonds is 6. The normalized spacial score (nSPS) is 47.9. The summed E-state index contributed by atoms with van der Waals surface area (Å²) >= 11 is 0. The van der Waals surface area contributed by atoms with Crippen molar-refractivity contribution < 1.29 is 57.9 Å². The largest absolute Gasteiger partial charge is 0.481 e. The second-order valence-electron chi connectivity index (χ2n) is 32.3. The summed E-state index contributed by atoms with van der Waals surface area (Å²) in [5.41, 5.74) is -0.685. The molecule has 0 amide bonds. The first-order chi connectivity index (χ1) is 40.5. The highest BCUT2D eigenvalue weighted by Crippen LogP contribution is 2.69. The maximum Gasteiger partial charge on any atom is 0.310 e. The first-order valence-electron chi connectivity index (χ1n) is 33.7. The standard InChI is InChI=1S/C17H24O2.C14H18O2.C13H16O2.C12H18O2.C9H12O2.C8H10O2/c1-17(2,3)19-16(18)13-8-11-7-12(13)15-10-5-4-9(6-10)14(11)15;1-16-14(15)11-6-9-5-10(11)13-8-3-2-7(4-8)12(9)13;14-13(15)10-5-8-4-9(10)12-7-2-1-6(3-7)11(8)12;1-12(2,3)14-11(13)10-7-8-4-5-9(10)6-8;1-11-9(10)8-5-6-2-3-7(8)4-6;9-8(10)7-4-5-1-2-6(7)3-5/h4-5,9-15H,6-8H2,1-3H3;2-3,7-13H,4-6H2,1H3;1-2,6-12H,3-5H2,(H,14,15);4-5,8-10H,6-7H2,1-3H3;2-3,6-8H,4-5H2,1H3;1-2,5-7H,3-4H2,(H,9,10). The molecule has 85 heavy (non-hydrogen) atoms. The lowest BCUT2D eigenvalue weighted by molar-refractivity contribution is -0.163. The smallest absolute Gasteiger partial charge is 0.310 e. The van der Waals surface area contributed by atoms with E-state index in [9.17, 15) is 33.9 Å². The van der Waals surface area contributed by atoms with Gasteiger partial charge < -0.3 is 29.2 Å². The molecule has 30 atom stereocenters. The van der Waals surface area contributed by atoms with Crippen molar-refractivity contribution in [3.05, 3.63) is 72.9 Å². The van der Waals surface area contributed by atoms with Crippen LogP contribution in [0.15, 0.2) is 72.9 Å². The Morgan fingerprint density at radius 1 is 0.306 bits per heavy atom. The summed E-state index contributed by atoms with van der Waals surface area (Å²) in [6.07, 6.45) is 44.9. The Labute approximate surface area is 505 Å². The molecule has 0 radical (unpaired) electrons. The van der Waals surface area contributed by atoms with Crippen LogP contribution in [-0.2, 0) is 47.7 Å². The molecule has 12 nitrogen and oxygen atoms in total. The van der Waals surface area contributed by atoms with Gasteiger partial charge in [0.1, 0.15) is 11.2 Å². The van der Waals surface area contributed by atoms with Gasteiger partial charge in [-0.1, -0.05) is 72.9 Å². The van der Waals surface area contributed by atoms with E-state index in [0.717, 1.165) is 140 Å². The topological polar surface area (TPSA) is 180 Å². The molecule has 0 aromatic carbocycles. The Kier molecular flexibility index (Phi) is 15.8. The highest BCUT2D eigenvalue weighted by Gasteiger charge is 2.65. The zero-order valence-electron chi connectivity index (χ0n) is 51.8. The number of methoxy groups -OCH3 is 2. The maximum absolute atomic E-state index is 12.4. The number of aliphatic carboxylic acids is 2. The molecule has 30 unspecified atom stereocenters. The van der Waals surface area contributed by atoms with Gasteiger partial charge in [-0.15, -0.1) is 0 Å². The van der Waals surface area contributed by atoms with Gasteiger partial charge in [-0.2, -0.15) is 0 Å². The second-order valence-corrected chi connectivity index (χ2v) is 32.3. The fraction of sp³-hybridized carbons (Fsp3) is 0.753. The molecule has 2 N–H and O–H groups in total. The lowest BCUT2D eigenvalue weighted by Crippen LogP contribution is -2.37. The molecular weight excluding hydrogens is 1070 g/mol. The molecule has 18 bridgehead atoms. The van der Waals surface area contributed by atoms with Crippen molar-refractivity contribution in [2.45, 2.75) is 149 Å². The minimum absolute atomic E-state index is 0.00523. The quantitative estimate of drug-likeness (QED) is 0.111. The summed E-state index contributed by atoms with van der Waals surface area (Å²) in [5, 5.41) is 17.9. The van der Waals surface area contributed by atoms with Crippen molar-refractivity contribution in [1.29, 1.82) is 0 Å². The number of carboxylic acid groups (broad SMARTS) is 2. The van der Waals surface area contributed by atoms with Crippen LogP contribution in [0.2, 0.25) is 0 Å². The van der Waals surface area contributed by atoms with E-state index in [2.05, 4.69) is 72.9 Å². The van der Waals surface area contributed by atoms with Crippen molar-refractivity contribution in [3.63, 3.8) is 0 Å². The number of esters is 4. The predicted molar refractivity (Wildman–Crippen MR) is 320 cm³/mol. The molecule has 18 aliphatic carbocycles. The van der Waals surface area contributed by atoms with E-state index in [-0.39, 0.29) is 70.6 Å². The van der Waals surface area contributed by atoms with Gasteiger partial charge in [0.05, 0.1) is 49.7 Å². The average Bonchev–Trinajstić information content (AvgIpc) is 1.74. The van der Waals surface area contributed by atoms with Gasteiger partial charge >= 0.3 is 35.8 Å². The molecule has 462 valence electrons. The fourth-order valence-corrected chi connectivity index (χ4v) is 23.1. The zero-order valence-corrected chi connectivity index (χ0v) is 51.8. The summed E-state index contributed by atoms with van der Waals surface area (Å²) in [7, 11) is 3.00. The fourth-order valence-electron chi connectivity index (χ4n) is 23.1. The summed E-state index contributed by atoms with van der Waals surface area (Å²) in [5.74, 6) is 16.7. The summed E-state index contributed by atoms with van der Waals surface area (Å²) < 4.78 is 20.7. The monoisotopic (exact) mass is 1170 g/mol. The molecule has 12 heteroatoms. The van der Waals surface area contributed by atoms with Crippen molar-refractivity contribution >= 4 is 35.8 Å². The number of ether oxygens (including phenoxy) is 4. The van der Waals surface area contributed by atoms with Gasteiger partial charge in [0, 0.05) is 0 Å². The lowest BCUT2D eigenvalue weighted by atomic mass is 9.69. The van der Waals surface area contributed by atoms with Crippen LogP contribution in [-0.4, -0.2) is 71.5 Å². The van der Waals surface area contributed by atoms with Crippen LogP contribution in [0.5, 0.6) is 0 Å². The third-order valence-corrected chi connectivity index (χ3v) is 25.7. The third kappa shape index (κ3) is 11.0. The van der Waals surface area contributed by atoms with E-state index >= 15 is 0 Å². The SMILES string of the molecule is CC(C)(C)OC(=O)C1CC2C=CC1C2.CC(C)(C)OC(=O)C1CC2CC1C1C3C=CC(C3)C21.COC(=O)C1CC2C=CC1C2.COC(=O)C1CC2CC1C1C3C=CC(C3)C21.O=C(O)C1CC2C=CC1C2.O=C(O)C1CC2CC1C1C3C=CC(C3)C21. The molecule has 12 fully saturated rings. The van der Waals surface area contributed by atoms with Crippen LogP contribution in [0.4, 0.5) is 0 Å². The van der Waals surface area contributed by atoms with Gasteiger partial charge in [0.25, 0.3) is 0 Å².